The average Bonchev–Trinajstić information content (AvgIpc) is 3.54. The highest BCUT2D eigenvalue weighted by molar-refractivity contribution is 5.87. The maximum absolute atomic E-state index is 14.9. The van der Waals surface area contributed by atoms with Gasteiger partial charge in [0.05, 0.1) is 33.8 Å². The zero-order chi connectivity index (χ0) is 26.1. The van der Waals surface area contributed by atoms with Gasteiger partial charge in [0.15, 0.2) is 5.65 Å². The minimum atomic E-state index is -2.15. The lowest BCUT2D eigenvalue weighted by Gasteiger charge is -2.28. The number of halogens is 2. The second-order valence-corrected chi connectivity index (χ2v) is 8.84. The van der Waals surface area contributed by atoms with Crippen LogP contribution in [0.15, 0.2) is 30.6 Å². The third kappa shape index (κ3) is 3.83. The van der Waals surface area contributed by atoms with Crippen molar-refractivity contribution in [3.05, 3.63) is 65.0 Å². The van der Waals surface area contributed by atoms with Gasteiger partial charge in [-0.05, 0) is 51.7 Å². The molecule has 3 aromatic heterocycles. The van der Waals surface area contributed by atoms with Crippen molar-refractivity contribution in [2.24, 2.45) is 0 Å². The predicted molar refractivity (Wildman–Crippen MR) is 121 cm³/mol. The molecule has 0 bridgehead atoms. The van der Waals surface area contributed by atoms with E-state index in [9.17, 15) is 8.78 Å². The van der Waals surface area contributed by atoms with Gasteiger partial charge in [0.2, 0.25) is 0 Å². The van der Waals surface area contributed by atoms with Crippen LogP contribution in [0.4, 0.5) is 8.78 Å². The summed E-state index contributed by atoms with van der Waals surface area (Å²) >= 11 is 0. The zero-order valence-electron chi connectivity index (χ0n) is 21.7. The molecule has 2 aliphatic rings. The van der Waals surface area contributed by atoms with Crippen molar-refractivity contribution >= 4 is 11.2 Å². The molecule has 7 nitrogen and oxygen atoms in total. The summed E-state index contributed by atoms with van der Waals surface area (Å²) in [6, 6.07) is 3.50. The average molecular weight is 466 g/mol. The molecule has 1 aliphatic heterocycles. The van der Waals surface area contributed by atoms with Crippen molar-refractivity contribution in [2.45, 2.75) is 57.6 Å². The van der Waals surface area contributed by atoms with Crippen LogP contribution in [0.5, 0.6) is 0 Å². The molecule has 0 radical (unpaired) electrons. The van der Waals surface area contributed by atoms with Gasteiger partial charge in [-0.25, -0.2) is 28.7 Å². The van der Waals surface area contributed by atoms with Crippen molar-refractivity contribution in [3.8, 4) is 11.3 Å². The van der Waals surface area contributed by atoms with E-state index in [1.54, 1.807) is 30.9 Å². The Bertz CT molecular complexity index is 1540. The molecule has 1 aliphatic carbocycles. The molecule has 2 atom stereocenters. The molecule has 4 heterocycles. The maximum atomic E-state index is 14.9. The summed E-state index contributed by atoms with van der Waals surface area (Å²) in [5.41, 5.74) is 2.35. The molecule has 1 aromatic carbocycles. The summed E-state index contributed by atoms with van der Waals surface area (Å²) in [6.45, 7) is 1.39. The highest BCUT2D eigenvalue weighted by Crippen LogP contribution is 2.40. The van der Waals surface area contributed by atoms with Crippen LogP contribution in [0, 0.1) is 25.5 Å². The van der Waals surface area contributed by atoms with Gasteiger partial charge in [-0.2, -0.15) is 5.10 Å². The standard InChI is InChI=1S/C25H24F2N6O/c1-13-14(2)30-25-23(29-13)22(19-6-3-17(26)10-20(19)27)31-24(32-25)15-7-8-34-21(9-15)16-11-28-33(12-16)18-4-5-18/h3,6,10-12,15,18,21H,4-5,7-9H2,1-2H3/t15-,21+/m0/s1/i8D2,21D. The third-order valence-corrected chi connectivity index (χ3v) is 6.31. The molecule has 9 heteroatoms. The normalized spacial score (nSPS) is 25.6. The van der Waals surface area contributed by atoms with Gasteiger partial charge in [-0.3, -0.25) is 4.68 Å². The Kier molecular flexibility index (Phi) is 4.33. The molecule has 34 heavy (non-hydrogen) atoms. The van der Waals surface area contributed by atoms with E-state index >= 15 is 0 Å². The summed E-state index contributed by atoms with van der Waals surface area (Å²) in [6.07, 6.45) is 3.53. The Balaban J connectivity index is 1.48. The Morgan fingerprint density at radius 3 is 2.71 bits per heavy atom. The van der Waals surface area contributed by atoms with Crippen LogP contribution in [0.25, 0.3) is 22.4 Å². The topological polar surface area (TPSA) is 78.6 Å². The van der Waals surface area contributed by atoms with Gasteiger partial charge in [0, 0.05) is 35.9 Å². The molecule has 0 unspecified atom stereocenters. The molecular formula is C25H24F2N6O. The van der Waals surface area contributed by atoms with E-state index in [1.165, 1.54) is 6.07 Å². The predicted octanol–water partition coefficient (Wildman–Crippen LogP) is 5.15. The Morgan fingerprint density at radius 2 is 1.91 bits per heavy atom. The van der Waals surface area contributed by atoms with Crippen molar-refractivity contribution in [2.75, 3.05) is 6.56 Å². The number of aromatic nitrogens is 6. The first-order valence-electron chi connectivity index (χ1n) is 12.7. The second-order valence-electron chi connectivity index (χ2n) is 8.84. The summed E-state index contributed by atoms with van der Waals surface area (Å²) in [5, 5.41) is 4.35. The zero-order valence-corrected chi connectivity index (χ0v) is 18.7. The van der Waals surface area contributed by atoms with Crippen molar-refractivity contribution in [1.29, 1.82) is 0 Å². The Morgan fingerprint density at radius 1 is 1.09 bits per heavy atom. The maximum Gasteiger partial charge on any atom is 0.182 e. The van der Waals surface area contributed by atoms with Crippen molar-refractivity contribution in [1.82, 2.24) is 29.7 Å². The summed E-state index contributed by atoms with van der Waals surface area (Å²) in [5.74, 6) is -1.99. The minimum absolute atomic E-state index is 0.0329. The van der Waals surface area contributed by atoms with Crippen LogP contribution in [0.3, 0.4) is 0 Å². The van der Waals surface area contributed by atoms with E-state index < -0.39 is 30.2 Å². The lowest BCUT2D eigenvalue weighted by Crippen LogP contribution is -2.20. The van der Waals surface area contributed by atoms with Gasteiger partial charge >= 0.3 is 0 Å². The number of hydrogen-bond donors (Lipinski definition) is 0. The lowest BCUT2D eigenvalue weighted by atomic mass is 9.92. The van der Waals surface area contributed by atoms with E-state index in [0.29, 0.717) is 23.0 Å². The quantitative estimate of drug-likeness (QED) is 0.415. The van der Waals surface area contributed by atoms with Crippen molar-refractivity contribution < 1.29 is 17.6 Å². The van der Waals surface area contributed by atoms with E-state index in [0.717, 1.165) is 25.0 Å². The summed E-state index contributed by atoms with van der Waals surface area (Å²) < 4.78 is 61.9. The third-order valence-electron chi connectivity index (χ3n) is 6.31. The molecule has 2 fully saturated rings. The van der Waals surface area contributed by atoms with Crippen LogP contribution in [0.2, 0.25) is 0 Å². The van der Waals surface area contributed by atoms with E-state index in [4.69, 9.17) is 8.85 Å². The highest BCUT2D eigenvalue weighted by atomic mass is 19.1. The highest BCUT2D eigenvalue weighted by Gasteiger charge is 2.31. The fourth-order valence-electron chi connectivity index (χ4n) is 4.13. The summed E-state index contributed by atoms with van der Waals surface area (Å²) in [4.78, 5) is 18.3. The molecule has 1 saturated heterocycles. The first kappa shape index (κ1) is 18.1. The number of aryl methyl sites for hydroxylation is 2. The van der Waals surface area contributed by atoms with Gasteiger partial charge in [-0.1, -0.05) is 0 Å². The number of benzene rings is 1. The van der Waals surface area contributed by atoms with Crippen LogP contribution in [-0.2, 0) is 4.74 Å². The monoisotopic (exact) mass is 465 g/mol. The molecule has 0 amide bonds. The van der Waals surface area contributed by atoms with Gasteiger partial charge < -0.3 is 4.74 Å². The van der Waals surface area contributed by atoms with Crippen LogP contribution in [0.1, 0.15) is 70.6 Å². The van der Waals surface area contributed by atoms with Crippen LogP contribution >= 0.6 is 0 Å². The number of nitrogens with zero attached hydrogens (tertiary/aromatic N) is 6. The molecule has 6 rings (SSSR count). The largest absolute Gasteiger partial charge is 0.373 e. The van der Waals surface area contributed by atoms with Crippen LogP contribution < -0.4 is 0 Å². The molecule has 0 spiro atoms. The molecular weight excluding hydrogens is 438 g/mol. The fourth-order valence-corrected chi connectivity index (χ4v) is 4.13. The Hall–Kier alpha value is -3.33. The molecule has 1 saturated carbocycles. The van der Waals surface area contributed by atoms with E-state index in [1.807, 2.05) is 0 Å². The molecule has 174 valence electrons. The number of fused-ring (bicyclic) bond motifs is 1. The van der Waals surface area contributed by atoms with E-state index in [-0.39, 0.29) is 41.1 Å². The summed E-state index contributed by atoms with van der Waals surface area (Å²) in [7, 11) is 0. The second kappa shape index (κ2) is 8.16. The minimum Gasteiger partial charge on any atom is -0.373 e. The van der Waals surface area contributed by atoms with Crippen molar-refractivity contribution in [3.63, 3.8) is 0 Å². The first-order chi connectivity index (χ1) is 17.5. The van der Waals surface area contributed by atoms with Gasteiger partial charge in [0.1, 0.15) is 28.7 Å². The Labute approximate surface area is 199 Å². The SMILES string of the molecule is [2H]C1([2H])C[C@H](c2nc(-c3ccc(F)cc3F)c3nc(C)c(C)nc3n2)C[C@]([2H])(c2cnn(C3CC3)c2)O1. The van der Waals surface area contributed by atoms with Gasteiger partial charge in [-0.15, -0.1) is 0 Å². The van der Waals surface area contributed by atoms with Gasteiger partial charge in [0.25, 0.3) is 0 Å². The number of ether oxygens (including phenoxy) is 1. The first-order valence-corrected chi connectivity index (χ1v) is 11.2. The smallest absolute Gasteiger partial charge is 0.182 e. The van der Waals surface area contributed by atoms with Crippen LogP contribution in [-0.4, -0.2) is 36.3 Å². The fraction of sp³-hybridized carbons (Fsp3) is 0.400. The van der Waals surface area contributed by atoms with E-state index in [2.05, 4.69) is 25.0 Å². The lowest BCUT2D eigenvalue weighted by molar-refractivity contribution is 0.00396. The number of rotatable bonds is 4. The molecule has 0 N–H and O–H groups in total. The molecule has 4 aromatic rings. The number of hydrogen-bond acceptors (Lipinski definition) is 6.